The van der Waals surface area contributed by atoms with Crippen molar-refractivity contribution in [2.24, 2.45) is 0 Å². The van der Waals surface area contributed by atoms with E-state index in [0.717, 1.165) is 18.5 Å². The van der Waals surface area contributed by atoms with Crippen molar-refractivity contribution in [3.05, 3.63) is 29.3 Å². The molecule has 0 saturated carbocycles. The molecular formula is C14H21NO. The van der Waals surface area contributed by atoms with Gasteiger partial charge < -0.3 is 10.4 Å². The summed E-state index contributed by atoms with van der Waals surface area (Å²) in [6.07, 6.45) is 3.64. The van der Waals surface area contributed by atoms with E-state index >= 15 is 0 Å². The zero-order valence-corrected chi connectivity index (χ0v) is 10.2. The number of nitrogens with one attached hydrogen (secondary N) is 1. The number of hydrogen-bond donors (Lipinski definition) is 2. The number of phenols is 1. The molecule has 1 atom stereocenters. The highest BCUT2D eigenvalue weighted by Gasteiger charge is 2.18. The first kappa shape index (κ1) is 11.5. The Hall–Kier alpha value is -1.02. The van der Waals surface area contributed by atoms with Crippen molar-refractivity contribution in [1.29, 1.82) is 0 Å². The Morgan fingerprint density at radius 1 is 1.31 bits per heavy atom. The summed E-state index contributed by atoms with van der Waals surface area (Å²) in [5.41, 5.74) is 2.26. The summed E-state index contributed by atoms with van der Waals surface area (Å²) in [5, 5.41) is 13.5. The standard InChI is InChI=1S/C14H21NO/c1-10(2)11-6-7-12(14(16)9-11)13-5-3-4-8-15-13/h6-7,9-10,13,15-16H,3-5,8H2,1-2H3. The van der Waals surface area contributed by atoms with Crippen LogP contribution in [0.15, 0.2) is 18.2 Å². The van der Waals surface area contributed by atoms with E-state index in [-0.39, 0.29) is 0 Å². The fraction of sp³-hybridized carbons (Fsp3) is 0.571. The average molecular weight is 219 g/mol. The van der Waals surface area contributed by atoms with Gasteiger partial charge in [0.15, 0.2) is 0 Å². The van der Waals surface area contributed by atoms with Gasteiger partial charge in [0, 0.05) is 11.6 Å². The third-order valence-electron chi connectivity index (χ3n) is 3.41. The molecule has 1 unspecified atom stereocenters. The first-order chi connectivity index (χ1) is 7.68. The largest absolute Gasteiger partial charge is 0.508 e. The molecule has 2 N–H and O–H groups in total. The summed E-state index contributed by atoms with van der Waals surface area (Å²) < 4.78 is 0. The molecule has 1 fully saturated rings. The maximum atomic E-state index is 10.1. The molecular weight excluding hydrogens is 198 g/mol. The van der Waals surface area contributed by atoms with Crippen LogP contribution in [0.3, 0.4) is 0 Å². The molecule has 0 amide bonds. The number of piperidine rings is 1. The van der Waals surface area contributed by atoms with E-state index in [1.165, 1.54) is 18.4 Å². The molecule has 0 aromatic heterocycles. The normalized spacial score (nSPS) is 21.3. The average Bonchev–Trinajstić information content (AvgIpc) is 2.30. The van der Waals surface area contributed by atoms with Gasteiger partial charge >= 0.3 is 0 Å². The molecule has 1 saturated heterocycles. The predicted octanol–water partition coefficient (Wildman–Crippen LogP) is 3.33. The van der Waals surface area contributed by atoms with Crippen LogP contribution >= 0.6 is 0 Å². The van der Waals surface area contributed by atoms with Crippen molar-refractivity contribution < 1.29 is 5.11 Å². The maximum Gasteiger partial charge on any atom is 0.120 e. The van der Waals surface area contributed by atoms with Crippen LogP contribution in [0.1, 0.15) is 56.2 Å². The second-order valence-electron chi connectivity index (χ2n) is 4.98. The van der Waals surface area contributed by atoms with Gasteiger partial charge in [-0.15, -0.1) is 0 Å². The summed E-state index contributed by atoms with van der Waals surface area (Å²) in [6, 6.07) is 6.47. The monoisotopic (exact) mass is 219 g/mol. The Labute approximate surface area is 97.7 Å². The number of aromatic hydroxyl groups is 1. The minimum atomic E-state index is 0.343. The summed E-state index contributed by atoms with van der Waals surface area (Å²) in [7, 11) is 0. The lowest BCUT2D eigenvalue weighted by Crippen LogP contribution is -2.26. The van der Waals surface area contributed by atoms with Crippen molar-refractivity contribution in [3.63, 3.8) is 0 Å². The number of phenolic OH excluding ortho intramolecular Hbond substituents is 1. The lowest BCUT2D eigenvalue weighted by Gasteiger charge is -2.25. The van der Waals surface area contributed by atoms with Crippen LogP contribution < -0.4 is 5.32 Å². The van der Waals surface area contributed by atoms with Gasteiger partial charge in [-0.2, -0.15) is 0 Å². The number of benzene rings is 1. The lowest BCUT2D eigenvalue weighted by atomic mass is 9.94. The summed E-state index contributed by atoms with van der Waals surface area (Å²) >= 11 is 0. The third-order valence-corrected chi connectivity index (χ3v) is 3.41. The van der Waals surface area contributed by atoms with Crippen molar-refractivity contribution in [3.8, 4) is 5.75 Å². The van der Waals surface area contributed by atoms with Crippen LogP contribution in [0.4, 0.5) is 0 Å². The molecule has 1 heterocycles. The molecule has 0 spiro atoms. The van der Waals surface area contributed by atoms with Crippen LogP contribution in [0.2, 0.25) is 0 Å². The molecule has 1 aromatic carbocycles. The fourth-order valence-electron chi connectivity index (χ4n) is 2.33. The van der Waals surface area contributed by atoms with Gasteiger partial charge in [0.05, 0.1) is 0 Å². The zero-order chi connectivity index (χ0) is 11.5. The Morgan fingerprint density at radius 2 is 2.12 bits per heavy atom. The summed E-state index contributed by atoms with van der Waals surface area (Å²) in [4.78, 5) is 0. The molecule has 1 aliphatic rings. The van der Waals surface area contributed by atoms with Gasteiger partial charge in [-0.05, 0) is 36.9 Å². The smallest absolute Gasteiger partial charge is 0.120 e. The third kappa shape index (κ3) is 2.38. The highest BCUT2D eigenvalue weighted by molar-refractivity contribution is 5.39. The minimum absolute atomic E-state index is 0.343. The molecule has 2 heteroatoms. The molecule has 0 radical (unpaired) electrons. The second-order valence-corrected chi connectivity index (χ2v) is 4.98. The molecule has 0 bridgehead atoms. The zero-order valence-electron chi connectivity index (χ0n) is 10.2. The molecule has 1 aromatic rings. The van der Waals surface area contributed by atoms with Crippen LogP contribution in [0.5, 0.6) is 5.75 Å². The van der Waals surface area contributed by atoms with Gasteiger partial charge in [0.25, 0.3) is 0 Å². The fourth-order valence-corrected chi connectivity index (χ4v) is 2.33. The Morgan fingerprint density at radius 3 is 2.69 bits per heavy atom. The molecule has 0 aliphatic carbocycles. The van der Waals surface area contributed by atoms with E-state index in [0.29, 0.717) is 17.7 Å². The van der Waals surface area contributed by atoms with E-state index in [1.807, 2.05) is 6.07 Å². The van der Waals surface area contributed by atoms with Crippen LogP contribution in [-0.4, -0.2) is 11.7 Å². The quantitative estimate of drug-likeness (QED) is 0.799. The Balaban J connectivity index is 2.21. The van der Waals surface area contributed by atoms with Crippen molar-refractivity contribution >= 4 is 0 Å². The van der Waals surface area contributed by atoms with E-state index < -0.39 is 0 Å². The van der Waals surface area contributed by atoms with Gasteiger partial charge in [-0.3, -0.25) is 0 Å². The van der Waals surface area contributed by atoms with E-state index in [4.69, 9.17) is 0 Å². The highest BCUT2D eigenvalue weighted by atomic mass is 16.3. The molecule has 2 nitrogen and oxygen atoms in total. The molecule has 1 aliphatic heterocycles. The topological polar surface area (TPSA) is 32.3 Å². The highest BCUT2D eigenvalue weighted by Crippen LogP contribution is 2.32. The van der Waals surface area contributed by atoms with Gasteiger partial charge in [0.1, 0.15) is 5.75 Å². The Bertz CT molecular complexity index is 354. The number of hydrogen-bond acceptors (Lipinski definition) is 2. The predicted molar refractivity (Wildman–Crippen MR) is 66.8 cm³/mol. The Kier molecular flexibility index (Phi) is 3.49. The van der Waals surface area contributed by atoms with Crippen LogP contribution in [0, 0.1) is 0 Å². The molecule has 88 valence electrons. The van der Waals surface area contributed by atoms with E-state index in [2.05, 4.69) is 31.3 Å². The summed E-state index contributed by atoms with van der Waals surface area (Å²) in [5.74, 6) is 0.921. The lowest BCUT2D eigenvalue weighted by molar-refractivity contribution is 0.390. The number of rotatable bonds is 2. The van der Waals surface area contributed by atoms with E-state index in [9.17, 15) is 5.11 Å². The van der Waals surface area contributed by atoms with Crippen molar-refractivity contribution in [1.82, 2.24) is 5.32 Å². The second kappa shape index (κ2) is 4.88. The van der Waals surface area contributed by atoms with Gasteiger partial charge in [-0.1, -0.05) is 32.4 Å². The molecule has 2 rings (SSSR count). The molecule has 16 heavy (non-hydrogen) atoms. The van der Waals surface area contributed by atoms with Gasteiger partial charge in [0.2, 0.25) is 0 Å². The first-order valence-electron chi connectivity index (χ1n) is 6.24. The SMILES string of the molecule is CC(C)c1ccc(C2CCCCN2)c(O)c1. The minimum Gasteiger partial charge on any atom is -0.508 e. The van der Waals surface area contributed by atoms with Crippen LogP contribution in [-0.2, 0) is 0 Å². The van der Waals surface area contributed by atoms with E-state index in [1.54, 1.807) is 0 Å². The summed E-state index contributed by atoms with van der Waals surface area (Å²) in [6.45, 7) is 5.36. The van der Waals surface area contributed by atoms with Crippen molar-refractivity contribution in [2.75, 3.05) is 6.54 Å². The van der Waals surface area contributed by atoms with Gasteiger partial charge in [-0.25, -0.2) is 0 Å². The first-order valence-corrected chi connectivity index (χ1v) is 6.24. The van der Waals surface area contributed by atoms with Crippen LogP contribution in [0.25, 0.3) is 0 Å². The van der Waals surface area contributed by atoms with Crippen molar-refractivity contribution in [2.45, 2.75) is 45.1 Å². The maximum absolute atomic E-state index is 10.1.